The van der Waals surface area contributed by atoms with Crippen molar-refractivity contribution in [2.45, 2.75) is 26.4 Å². The van der Waals surface area contributed by atoms with E-state index in [1.165, 1.54) is 23.5 Å². The third kappa shape index (κ3) is 5.99. The molecular weight excluding hydrogens is 206 g/mol. The summed E-state index contributed by atoms with van der Waals surface area (Å²) in [5.41, 5.74) is 0. The van der Waals surface area contributed by atoms with Gasteiger partial charge in [-0.2, -0.15) is 4.99 Å². The zero-order chi connectivity index (χ0) is 10.3. The molecule has 0 saturated carbocycles. The lowest BCUT2D eigenvalue weighted by atomic mass is 10.3. The van der Waals surface area contributed by atoms with Crippen LogP contribution in [0.5, 0.6) is 0 Å². The van der Waals surface area contributed by atoms with E-state index in [0.29, 0.717) is 0 Å². The smallest absolute Gasteiger partial charge is 0.435 e. The van der Waals surface area contributed by atoms with Crippen molar-refractivity contribution in [1.82, 2.24) is 0 Å². The maximum absolute atomic E-state index is 11.1. The summed E-state index contributed by atoms with van der Waals surface area (Å²) in [6, 6.07) is 0. The molecule has 0 radical (unpaired) electrons. The van der Waals surface area contributed by atoms with Gasteiger partial charge in [0.05, 0.1) is 0 Å². The van der Waals surface area contributed by atoms with Gasteiger partial charge in [0.1, 0.15) is 10.5 Å². The van der Waals surface area contributed by atoms with Gasteiger partial charge in [0.25, 0.3) is 0 Å². The van der Waals surface area contributed by atoms with Crippen molar-refractivity contribution in [3.05, 3.63) is 0 Å². The van der Waals surface area contributed by atoms with Crippen molar-refractivity contribution in [3.8, 4) is 0 Å². The first kappa shape index (κ1) is 12.8. The van der Waals surface area contributed by atoms with E-state index in [1.807, 2.05) is 26.4 Å². The Labute approximate surface area is 87.7 Å². The number of hydrogen-bond donors (Lipinski definition) is 0. The standard InChI is InChI=1S/C8H15NO2S2/c1-5-6(2)11-7(10)9-8(12-3)13-4/h6H,5H2,1-4H3. The second-order valence-corrected chi connectivity index (χ2v) is 4.24. The fraction of sp³-hybridized carbons (Fsp3) is 0.750. The molecular formula is C8H15NO2S2. The largest absolute Gasteiger partial charge is 0.445 e. The van der Waals surface area contributed by atoms with Crippen molar-refractivity contribution in [2.75, 3.05) is 12.5 Å². The SMILES string of the molecule is CCC(C)OC(=O)N=C(SC)SC. The molecule has 0 saturated heterocycles. The highest BCUT2D eigenvalue weighted by Gasteiger charge is 2.06. The number of carbonyl (C=O) groups excluding carboxylic acids is 1. The van der Waals surface area contributed by atoms with Gasteiger partial charge in [0.2, 0.25) is 0 Å². The van der Waals surface area contributed by atoms with Gasteiger partial charge in [0.15, 0.2) is 0 Å². The number of carbonyl (C=O) groups is 1. The molecule has 1 unspecified atom stereocenters. The Morgan fingerprint density at radius 3 is 2.38 bits per heavy atom. The molecule has 0 aliphatic carbocycles. The maximum Gasteiger partial charge on any atom is 0.435 e. The average Bonchev–Trinajstić information content (AvgIpc) is 2.13. The van der Waals surface area contributed by atoms with Crippen LogP contribution in [0, 0.1) is 0 Å². The second kappa shape index (κ2) is 7.26. The van der Waals surface area contributed by atoms with Crippen LogP contribution in [0.15, 0.2) is 4.99 Å². The van der Waals surface area contributed by atoms with E-state index < -0.39 is 6.09 Å². The average molecular weight is 221 g/mol. The second-order valence-electron chi connectivity index (χ2n) is 2.39. The molecule has 0 aromatic heterocycles. The van der Waals surface area contributed by atoms with Crippen LogP contribution in [-0.4, -0.2) is 29.1 Å². The molecule has 0 rings (SSSR count). The summed E-state index contributed by atoms with van der Waals surface area (Å²) in [5.74, 6) is 0. The summed E-state index contributed by atoms with van der Waals surface area (Å²) in [6.45, 7) is 3.82. The first-order valence-corrected chi connectivity index (χ1v) is 6.46. The zero-order valence-corrected chi connectivity index (χ0v) is 10.00. The number of thioether (sulfide) groups is 2. The van der Waals surface area contributed by atoms with Crippen LogP contribution < -0.4 is 0 Å². The summed E-state index contributed by atoms with van der Waals surface area (Å²) in [7, 11) is 0. The van der Waals surface area contributed by atoms with Gasteiger partial charge in [-0.3, -0.25) is 0 Å². The van der Waals surface area contributed by atoms with Crippen LogP contribution in [0.4, 0.5) is 4.79 Å². The highest BCUT2D eigenvalue weighted by molar-refractivity contribution is 8.38. The van der Waals surface area contributed by atoms with E-state index in [-0.39, 0.29) is 6.10 Å². The van der Waals surface area contributed by atoms with E-state index in [9.17, 15) is 4.79 Å². The Morgan fingerprint density at radius 2 is 2.00 bits per heavy atom. The lowest BCUT2D eigenvalue weighted by Crippen LogP contribution is -2.11. The van der Waals surface area contributed by atoms with E-state index in [2.05, 4.69) is 4.99 Å². The number of aliphatic imine (C=N–C) groups is 1. The Bertz CT molecular complexity index is 189. The fourth-order valence-corrected chi connectivity index (χ4v) is 1.53. The minimum Gasteiger partial charge on any atom is -0.445 e. The number of ether oxygens (including phenoxy) is 1. The monoisotopic (exact) mass is 221 g/mol. The molecule has 76 valence electrons. The number of amides is 1. The predicted molar refractivity (Wildman–Crippen MR) is 60.7 cm³/mol. The Morgan fingerprint density at radius 1 is 1.46 bits per heavy atom. The van der Waals surface area contributed by atoms with Gasteiger partial charge in [-0.05, 0) is 25.9 Å². The molecule has 0 aliphatic heterocycles. The first-order valence-electron chi connectivity index (χ1n) is 4.01. The van der Waals surface area contributed by atoms with Crippen molar-refractivity contribution in [3.63, 3.8) is 0 Å². The lowest BCUT2D eigenvalue weighted by Gasteiger charge is -2.07. The summed E-state index contributed by atoms with van der Waals surface area (Å²) in [6.07, 6.45) is 4.03. The maximum atomic E-state index is 11.1. The third-order valence-corrected chi connectivity index (χ3v) is 3.29. The van der Waals surface area contributed by atoms with Crippen LogP contribution in [0.2, 0.25) is 0 Å². The molecule has 0 fully saturated rings. The summed E-state index contributed by atoms with van der Waals surface area (Å²) in [5, 5.41) is 0. The Balaban J connectivity index is 4.04. The molecule has 1 atom stereocenters. The topological polar surface area (TPSA) is 38.7 Å². The highest BCUT2D eigenvalue weighted by Crippen LogP contribution is 2.11. The number of hydrogen-bond acceptors (Lipinski definition) is 4. The molecule has 5 heteroatoms. The van der Waals surface area contributed by atoms with Crippen LogP contribution in [0.3, 0.4) is 0 Å². The van der Waals surface area contributed by atoms with Gasteiger partial charge in [-0.15, -0.1) is 23.5 Å². The first-order chi connectivity index (χ1) is 6.13. The zero-order valence-electron chi connectivity index (χ0n) is 8.36. The highest BCUT2D eigenvalue weighted by atomic mass is 32.2. The molecule has 1 amide bonds. The quantitative estimate of drug-likeness (QED) is 0.531. The minimum absolute atomic E-state index is 0.0544. The minimum atomic E-state index is -0.493. The molecule has 13 heavy (non-hydrogen) atoms. The summed E-state index contributed by atoms with van der Waals surface area (Å²) >= 11 is 2.89. The molecule has 0 aliphatic rings. The van der Waals surface area contributed by atoms with Crippen LogP contribution >= 0.6 is 23.5 Å². The molecule has 0 bridgehead atoms. The summed E-state index contributed by atoms with van der Waals surface area (Å²) in [4.78, 5) is 14.9. The summed E-state index contributed by atoms with van der Waals surface area (Å²) < 4.78 is 5.71. The van der Waals surface area contributed by atoms with Gasteiger partial charge in [0, 0.05) is 0 Å². The molecule has 0 heterocycles. The van der Waals surface area contributed by atoms with Gasteiger partial charge >= 0.3 is 6.09 Å². The van der Waals surface area contributed by atoms with Crippen LogP contribution in [-0.2, 0) is 4.74 Å². The fourth-order valence-electron chi connectivity index (χ4n) is 0.531. The van der Waals surface area contributed by atoms with Crippen molar-refractivity contribution in [1.29, 1.82) is 0 Å². The molecule has 0 spiro atoms. The van der Waals surface area contributed by atoms with Crippen LogP contribution in [0.25, 0.3) is 0 Å². The van der Waals surface area contributed by atoms with Gasteiger partial charge in [-0.25, -0.2) is 4.79 Å². The van der Waals surface area contributed by atoms with E-state index in [1.54, 1.807) is 0 Å². The molecule has 0 aromatic carbocycles. The predicted octanol–water partition coefficient (Wildman–Crippen LogP) is 3.00. The van der Waals surface area contributed by atoms with Crippen LogP contribution in [0.1, 0.15) is 20.3 Å². The molecule has 0 N–H and O–H groups in total. The van der Waals surface area contributed by atoms with Crippen molar-refractivity contribution >= 4 is 34.0 Å². The van der Waals surface area contributed by atoms with E-state index in [4.69, 9.17) is 4.74 Å². The molecule has 3 nitrogen and oxygen atoms in total. The normalized spacial score (nSPS) is 12.0. The van der Waals surface area contributed by atoms with E-state index in [0.717, 1.165) is 10.8 Å². The Hall–Kier alpha value is -0.160. The van der Waals surface area contributed by atoms with Crippen molar-refractivity contribution < 1.29 is 9.53 Å². The lowest BCUT2D eigenvalue weighted by molar-refractivity contribution is 0.115. The third-order valence-electron chi connectivity index (χ3n) is 1.41. The van der Waals surface area contributed by atoms with Gasteiger partial charge < -0.3 is 4.74 Å². The van der Waals surface area contributed by atoms with Crippen molar-refractivity contribution in [2.24, 2.45) is 4.99 Å². The molecule has 0 aromatic rings. The van der Waals surface area contributed by atoms with E-state index >= 15 is 0 Å². The number of rotatable bonds is 2. The Kier molecular flexibility index (Phi) is 7.17. The number of nitrogens with zero attached hydrogens (tertiary/aromatic N) is 1. The van der Waals surface area contributed by atoms with Gasteiger partial charge in [-0.1, -0.05) is 6.92 Å².